The predicted octanol–water partition coefficient (Wildman–Crippen LogP) is 5.57. The first kappa shape index (κ1) is 14.1. The van der Waals surface area contributed by atoms with Crippen LogP contribution in [-0.2, 0) is 0 Å². The Kier molecular flexibility index (Phi) is 4.45. The zero-order valence-corrected chi connectivity index (χ0v) is 15.9. The molecule has 2 aromatic rings. The highest BCUT2D eigenvalue weighted by Crippen LogP contribution is 2.43. The summed E-state index contributed by atoms with van der Waals surface area (Å²) in [5, 5.41) is 12.1. The molecule has 0 spiro atoms. The lowest BCUT2D eigenvalue weighted by Crippen LogP contribution is -1.95. The summed E-state index contributed by atoms with van der Waals surface area (Å²) >= 11 is 16.8. The maximum absolute atomic E-state index is 12.1. The molecule has 1 heterocycles. The van der Waals surface area contributed by atoms with Crippen molar-refractivity contribution in [3.05, 3.63) is 34.6 Å². The second kappa shape index (κ2) is 5.36. The van der Waals surface area contributed by atoms with Crippen molar-refractivity contribution in [2.45, 2.75) is 0 Å². The lowest BCUT2D eigenvalue weighted by Gasteiger charge is -2.15. The summed E-state index contributed by atoms with van der Waals surface area (Å²) in [6, 6.07) is 3.51. The second-order valence-corrected chi connectivity index (χ2v) is 7.36. The fourth-order valence-corrected chi connectivity index (χ4v) is 4.05. The summed E-state index contributed by atoms with van der Waals surface area (Å²) in [6.07, 6.45) is 0. The number of benzene rings is 1. The third kappa shape index (κ3) is 2.68. The fourth-order valence-electron chi connectivity index (χ4n) is 1.36. The SMILES string of the molecule is [O-]c1c(Br)cc(Br)cc1-c1[nH]c(Br)c(Br)c1Br. The summed E-state index contributed by atoms with van der Waals surface area (Å²) in [7, 11) is 0. The minimum atomic E-state index is -0.0600. The molecule has 0 fully saturated rings. The highest BCUT2D eigenvalue weighted by molar-refractivity contribution is 9.14. The van der Waals surface area contributed by atoms with Crippen LogP contribution < -0.4 is 5.11 Å². The predicted molar refractivity (Wildman–Crippen MR) is 84.2 cm³/mol. The summed E-state index contributed by atoms with van der Waals surface area (Å²) in [5.74, 6) is -0.0600. The molecule has 0 aliphatic rings. The first-order valence-electron chi connectivity index (χ1n) is 4.30. The molecular weight excluding hydrogens is 550 g/mol. The molecule has 17 heavy (non-hydrogen) atoms. The number of nitrogens with one attached hydrogen (secondary N) is 1. The van der Waals surface area contributed by atoms with Gasteiger partial charge in [0.05, 0.1) is 19.2 Å². The molecule has 0 saturated heterocycles. The Labute approximate surface area is 140 Å². The normalized spacial score (nSPS) is 10.9. The van der Waals surface area contributed by atoms with E-state index in [2.05, 4.69) is 84.6 Å². The van der Waals surface area contributed by atoms with Crippen LogP contribution in [-0.4, -0.2) is 4.98 Å². The topological polar surface area (TPSA) is 38.8 Å². The maximum atomic E-state index is 12.1. The number of aromatic nitrogens is 1. The van der Waals surface area contributed by atoms with Gasteiger partial charge in [0.1, 0.15) is 0 Å². The minimum Gasteiger partial charge on any atom is -0.871 e. The van der Waals surface area contributed by atoms with Crippen molar-refractivity contribution in [2.75, 3.05) is 0 Å². The summed E-state index contributed by atoms with van der Waals surface area (Å²) < 4.78 is 3.81. The molecule has 0 saturated carbocycles. The van der Waals surface area contributed by atoms with Gasteiger partial charge in [-0.25, -0.2) is 0 Å². The van der Waals surface area contributed by atoms with Gasteiger partial charge < -0.3 is 10.1 Å². The van der Waals surface area contributed by atoms with Gasteiger partial charge in [0, 0.05) is 8.95 Å². The maximum Gasteiger partial charge on any atom is 0.0980 e. The molecule has 0 aliphatic heterocycles. The average Bonchev–Trinajstić information content (AvgIpc) is 2.51. The molecule has 0 amide bonds. The standard InChI is InChI=1S/C10H4Br5NO/c11-3-1-4(9(17)5(12)2-3)8-6(13)7(14)10(15)16-8/h1-2,16-17H/p-1. The largest absolute Gasteiger partial charge is 0.871 e. The Bertz CT molecular complexity index is 593. The molecule has 0 radical (unpaired) electrons. The van der Waals surface area contributed by atoms with E-state index in [1.54, 1.807) is 12.1 Å². The first-order chi connectivity index (χ1) is 7.91. The lowest BCUT2D eigenvalue weighted by molar-refractivity contribution is -0.268. The van der Waals surface area contributed by atoms with Crippen molar-refractivity contribution in [2.24, 2.45) is 0 Å². The number of halogens is 5. The molecule has 1 aromatic heterocycles. The molecule has 2 rings (SSSR count). The highest BCUT2D eigenvalue weighted by atomic mass is 79.9. The van der Waals surface area contributed by atoms with E-state index >= 15 is 0 Å². The molecule has 0 unspecified atom stereocenters. The third-order valence-corrected chi connectivity index (χ3v) is 6.41. The van der Waals surface area contributed by atoms with Crippen molar-refractivity contribution in [1.29, 1.82) is 0 Å². The van der Waals surface area contributed by atoms with E-state index < -0.39 is 0 Å². The van der Waals surface area contributed by atoms with Crippen molar-refractivity contribution >= 4 is 79.6 Å². The minimum absolute atomic E-state index is 0.0600. The highest BCUT2D eigenvalue weighted by Gasteiger charge is 2.14. The summed E-state index contributed by atoms with van der Waals surface area (Å²) in [4.78, 5) is 3.11. The Morgan fingerprint density at radius 3 is 2.12 bits per heavy atom. The monoisotopic (exact) mass is 548 g/mol. The number of rotatable bonds is 1. The van der Waals surface area contributed by atoms with Gasteiger partial charge in [-0.15, -0.1) is 0 Å². The average molecular weight is 553 g/mol. The lowest BCUT2D eigenvalue weighted by atomic mass is 10.1. The van der Waals surface area contributed by atoms with E-state index in [1.165, 1.54) is 0 Å². The quantitative estimate of drug-likeness (QED) is 0.494. The second-order valence-electron chi connectivity index (χ2n) is 3.21. The molecule has 7 heteroatoms. The molecular formula is C10H3Br5NO-. The number of hydrogen-bond donors (Lipinski definition) is 1. The molecule has 0 atom stereocenters. The van der Waals surface area contributed by atoms with Gasteiger partial charge in [0.2, 0.25) is 0 Å². The van der Waals surface area contributed by atoms with E-state index in [9.17, 15) is 5.11 Å². The van der Waals surface area contributed by atoms with E-state index in [4.69, 9.17) is 0 Å². The van der Waals surface area contributed by atoms with E-state index in [0.717, 1.165) is 23.7 Å². The van der Waals surface area contributed by atoms with Gasteiger partial charge in [-0.3, -0.25) is 0 Å². The van der Waals surface area contributed by atoms with Crippen molar-refractivity contribution < 1.29 is 5.11 Å². The van der Waals surface area contributed by atoms with Crippen molar-refractivity contribution in [1.82, 2.24) is 4.98 Å². The third-order valence-electron chi connectivity index (χ3n) is 2.12. The van der Waals surface area contributed by atoms with Crippen molar-refractivity contribution in [3.8, 4) is 17.0 Å². The molecule has 1 aromatic carbocycles. The van der Waals surface area contributed by atoms with E-state index in [0.29, 0.717) is 10.0 Å². The number of aromatic amines is 1. The van der Waals surface area contributed by atoms with Gasteiger partial charge in [-0.05, 0) is 65.5 Å². The van der Waals surface area contributed by atoms with Crippen LogP contribution in [0.4, 0.5) is 0 Å². The Balaban J connectivity index is 2.72. The van der Waals surface area contributed by atoms with E-state index in [-0.39, 0.29) is 5.75 Å². The van der Waals surface area contributed by atoms with Crippen LogP contribution in [0.3, 0.4) is 0 Å². The summed E-state index contributed by atoms with van der Waals surface area (Å²) in [5.41, 5.74) is 1.32. The van der Waals surface area contributed by atoms with E-state index in [1.807, 2.05) is 0 Å². The van der Waals surface area contributed by atoms with Crippen LogP contribution in [0.15, 0.2) is 34.6 Å². The van der Waals surface area contributed by atoms with Gasteiger partial charge in [-0.1, -0.05) is 37.6 Å². The molecule has 0 aliphatic carbocycles. The zero-order valence-electron chi connectivity index (χ0n) is 7.95. The molecule has 0 bridgehead atoms. The van der Waals surface area contributed by atoms with Crippen LogP contribution in [0, 0.1) is 0 Å². The Morgan fingerprint density at radius 1 is 0.941 bits per heavy atom. The fraction of sp³-hybridized carbons (Fsp3) is 0. The van der Waals surface area contributed by atoms with Crippen LogP contribution >= 0.6 is 79.6 Å². The van der Waals surface area contributed by atoms with Crippen LogP contribution in [0.5, 0.6) is 5.75 Å². The Hall–Kier alpha value is 0.700. The summed E-state index contributed by atoms with van der Waals surface area (Å²) in [6.45, 7) is 0. The first-order valence-corrected chi connectivity index (χ1v) is 8.27. The van der Waals surface area contributed by atoms with Gasteiger partial charge in [0.15, 0.2) is 0 Å². The van der Waals surface area contributed by atoms with Crippen LogP contribution in [0.2, 0.25) is 0 Å². The molecule has 2 nitrogen and oxygen atoms in total. The number of hydrogen-bond acceptors (Lipinski definition) is 1. The zero-order chi connectivity index (χ0) is 12.7. The van der Waals surface area contributed by atoms with Crippen molar-refractivity contribution in [3.63, 3.8) is 0 Å². The van der Waals surface area contributed by atoms with Gasteiger partial charge >= 0.3 is 0 Å². The van der Waals surface area contributed by atoms with Crippen LogP contribution in [0.25, 0.3) is 11.3 Å². The molecule has 1 N–H and O–H groups in total. The number of H-pyrrole nitrogens is 1. The Morgan fingerprint density at radius 2 is 1.59 bits per heavy atom. The molecule has 90 valence electrons. The van der Waals surface area contributed by atoms with Gasteiger partial charge in [-0.2, -0.15) is 0 Å². The van der Waals surface area contributed by atoms with Crippen LogP contribution in [0.1, 0.15) is 0 Å². The smallest absolute Gasteiger partial charge is 0.0980 e. The van der Waals surface area contributed by atoms with Gasteiger partial charge in [0.25, 0.3) is 0 Å².